The van der Waals surface area contributed by atoms with Gasteiger partial charge < -0.3 is 19.9 Å². The van der Waals surface area contributed by atoms with Crippen LogP contribution in [0.25, 0.3) is 0 Å². The molecule has 3 aliphatic rings. The molecule has 0 bridgehead atoms. The van der Waals surface area contributed by atoms with Crippen molar-refractivity contribution in [3.8, 4) is 5.75 Å². The summed E-state index contributed by atoms with van der Waals surface area (Å²) in [5, 5.41) is 2.76. The summed E-state index contributed by atoms with van der Waals surface area (Å²) in [6.07, 6.45) is 2.13. The van der Waals surface area contributed by atoms with Gasteiger partial charge in [0.1, 0.15) is 18.2 Å². The van der Waals surface area contributed by atoms with E-state index in [0.29, 0.717) is 26.2 Å². The van der Waals surface area contributed by atoms with E-state index in [4.69, 9.17) is 4.74 Å². The van der Waals surface area contributed by atoms with Crippen molar-refractivity contribution in [1.29, 1.82) is 0 Å². The van der Waals surface area contributed by atoms with Crippen molar-refractivity contribution in [2.24, 2.45) is 5.92 Å². The first-order valence-corrected chi connectivity index (χ1v) is 11.3. The van der Waals surface area contributed by atoms with Gasteiger partial charge >= 0.3 is 0 Å². The molecule has 1 aromatic heterocycles. The maximum absolute atomic E-state index is 12.9. The van der Waals surface area contributed by atoms with Crippen LogP contribution >= 0.6 is 0 Å². The largest absolute Gasteiger partial charge is 0.491 e. The Balaban J connectivity index is 1.21. The normalized spacial score (nSPS) is 21.5. The van der Waals surface area contributed by atoms with E-state index >= 15 is 0 Å². The number of rotatable bonds is 4. The van der Waals surface area contributed by atoms with Crippen molar-refractivity contribution >= 4 is 17.6 Å². The number of carbonyl (C=O) groups excluding carboxylic acids is 2. The lowest BCUT2D eigenvalue weighted by molar-refractivity contribution is -0.136. The summed E-state index contributed by atoms with van der Waals surface area (Å²) in [4.78, 5) is 35.5. The summed E-state index contributed by atoms with van der Waals surface area (Å²) in [5.41, 5.74) is 2.27. The third-order valence-electron chi connectivity index (χ3n) is 6.49. The summed E-state index contributed by atoms with van der Waals surface area (Å²) in [7, 11) is 0. The Kier molecular flexibility index (Phi) is 5.94. The number of ether oxygens (including phenoxy) is 1. The quantitative estimate of drug-likeness (QED) is 0.779. The Hall–Kier alpha value is -3.13. The van der Waals surface area contributed by atoms with Gasteiger partial charge in [0.15, 0.2) is 0 Å². The zero-order chi connectivity index (χ0) is 21.9. The number of nitrogens with one attached hydrogen (secondary N) is 1. The van der Waals surface area contributed by atoms with Gasteiger partial charge in [-0.1, -0.05) is 12.1 Å². The number of carbonyl (C=O) groups is 2. The number of hydrogen-bond acceptors (Lipinski definition) is 6. The van der Waals surface area contributed by atoms with Crippen LogP contribution in [0.2, 0.25) is 0 Å². The van der Waals surface area contributed by atoms with E-state index < -0.39 is 0 Å². The van der Waals surface area contributed by atoms with Crippen molar-refractivity contribution in [3.05, 3.63) is 53.7 Å². The molecule has 2 amide bonds. The van der Waals surface area contributed by atoms with E-state index in [0.717, 1.165) is 49.9 Å². The summed E-state index contributed by atoms with van der Waals surface area (Å²) < 4.78 is 5.92. The number of aromatic nitrogens is 1. The lowest BCUT2D eigenvalue weighted by Crippen LogP contribution is -2.46. The van der Waals surface area contributed by atoms with E-state index in [1.54, 1.807) is 0 Å². The van der Waals surface area contributed by atoms with Crippen LogP contribution in [0.1, 0.15) is 17.5 Å². The number of benzene rings is 1. The molecule has 1 aromatic carbocycles. The Morgan fingerprint density at radius 2 is 2.00 bits per heavy atom. The van der Waals surface area contributed by atoms with E-state index in [-0.39, 0.29) is 24.2 Å². The van der Waals surface area contributed by atoms with Gasteiger partial charge in [0.25, 0.3) is 0 Å². The standard InChI is InChI=1S/C24H29N5O3/c30-23-14-19(15-26-23)24(31)29-11-12-32-21-5-4-18(13-20(21)17-29)16-27-7-9-28(10-8-27)22-3-1-2-6-25-22/h1-6,13,19H,7-12,14-17H2,(H,26,30). The minimum atomic E-state index is -0.261. The van der Waals surface area contributed by atoms with E-state index in [1.165, 1.54) is 5.56 Å². The van der Waals surface area contributed by atoms with Crippen LogP contribution in [-0.2, 0) is 22.7 Å². The first-order valence-electron chi connectivity index (χ1n) is 11.3. The highest BCUT2D eigenvalue weighted by Gasteiger charge is 2.32. The van der Waals surface area contributed by atoms with Crippen LogP contribution in [-0.4, -0.2) is 72.5 Å². The molecule has 0 spiro atoms. The Labute approximate surface area is 188 Å². The number of anilines is 1. The first-order chi connectivity index (χ1) is 15.7. The number of piperazine rings is 1. The predicted octanol–water partition coefficient (Wildman–Crippen LogP) is 1.26. The fourth-order valence-electron chi connectivity index (χ4n) is 4.71. The SMILES string of the molecule is O=C1CC(C(=O)N2CCOc3ccc(CN4CCN(c5ccccn5)CC4)cc3C2)CN1. The highest BCUT2D eigenvalue weighted by atomic mass is 16.5. The lowest BCUT2D eigenvalue weighted by Gasteiger charge is -2.35. The highest BCUT2D eigenvalue weighted by Crippen LogP contribution is 2.27. The third-order valence-corrected chi connectivity index (χ3v) is 6.49. The summed E-state index contributed by atoms with van der Waals surface area (Å²) in [5.74, 6) is 1.63. The van der Waals surface area contributed by atoms with Crippen molar-refractivity contribution in [3.63, 3.8) is 0 Å². The fourth-order valence-corrected chi connectivity index (χ4v) is 4.71. The second kappa shape index (κ2) is 9.16. The van der Waals surface area contributed by atoms with Crippen LogP contribution in [0.15, 0.2) is 42.6 Å². The first kappa shape index (κ1) is 20.8. The molecule has 8 heteroatoms. The van der Waals surface area contributed by atoms with Crippen molar-refractivity contribution in [2.75, 3.05) is 50.8 Å². The van der Waals surface area contributed by atoms with Crippen molar-refractivity contribution < 1.29 is 14.3 Å². The summed E-state index contributed by atoms with van der Waals surface area (Å²) in [6, 6.07) is 12.4. The molecular weight excluding hydrogens is 406 g/mol. The molecule has 2 saturated heterocycles. The van der Waals surface area contributed by atoms with Gasteiger partial charge in [-0.25, -0.2) is 4.98 Å². The van der Waals surface area contributed by atoms with E-state index in [1.807, 2.05) is 29.3 Å². The predicted molar refractivity (Wildman–Crippen MR) is 120 cm³/mol. The number of nitrogens with zero attached hydrogens (tertiary/aromatic N) is 4. The average Bonchev–Trinajstić information content (AvgIpc) is 3.15. The second-order valence-electron chi connectivity index (χ2n) is 8.71. The van der Waals surface area contributed by atoms with Crippen LogP contribution in [0.3, 0.4) is 0 Å². The molecule has 5 rings (SSSR count). The molecule has 3 aliphatic heterocycles. The zero-order valence-corrected chi connectivity index (χ0v) is 18.2. The van der Waals surface area contributed by atoms with Crippen LogP contribution < -0.4 is 15.0 Å². The summed E-state index contributed by atoms with van der Waals surface area (Å²) in [6.45, 7) is 6.74. The number of hydrogen-bond donors (Lipinski definition) is 1. The smallest absolute Gasteiger partial charge is 0.228 e. The molecule has 4 heterocycles. The van der Waals surface area contributed by atoms with Gasteiger partial charge in [0.2, 0.25) is 11.8 Å². The molecule has 0 saturated carbocycles. The number of pyridine rings is 1. The molecule has 168 valence electrons. The fraction of sp³-hybridized carbons (Fsp3) is 0.458. The zero-order valence-electron chi connectivity index (χ0n) is 18.2. The van der Waals surface area contributed by atoms with Crippen molar-refractivity contribution in [1.82, 2.24) is 20.1 Å². The monoisotopic (exact) mass is 435 g/mol. The molecular formula is C24H29N5O3. The molecule has 1 N–H and O–H groups in total. The van der Waals surface area contributed by atoms with Gasteiger partial charge in [-0.15, -0.1) is 0 Å². The van der Waals surface area contributed by atoms with Crippen LogP contribution in [0.4, 0.5) is 5.82 Å². The van der Waals surface area contributed by atoms with E-state index in [2.05, 4.69) is 38.3 Å². The third kappa shape index (κ3) is 4.55. The topological polar surface area (TPSA) is 78.0 Å². The van der Waals surface area contributed by atoms with Crippen LogP contribution in [0.5, 0.6) is 5.75 Å². The average molecular weight is 436 g/mol. The molecule has 8 nitrogen and oxygen atoms in total. The lowest BCUT2D eigenvalue weighted by atomic mass is 10.1. The molecule has 0 radical (unpaired) electrons. The highest BCUT2D eigenvalue weighted by molar-refractivity contribution is 5.89. The van der Waals surface area contributed by atoms with Gasteiger partial charge in [-0.05, 0) is 29.8 Å². The minimum Gasteiger partial charge on any atom is -0.491 e. The Morgan fingerprint density at radius 1 is 1.12 bits per heavy atom. The number of fused-ring (bicyclic) bond motifs is 1. The number of amides is 2. The summed E-state index contributed by atoms with van der Waals surface area (Å²) >= 11 is 0. The molecule has 0 aliphatic carbocycles. The van der Waals surface area contributed by atoms with Gasteiger partial charge in [0.05, 0.1) is 12.5 Å². The van der Waals surface area contributed by atoms with Gasteiger partial charge in [-0.3, -0.25) is 14.5 Å². The second-order valence-corrected chi connectivity index (χ2v) is 8.71. The minimum absolute atomic E-state index is 0.0378. The van der Waals surface area contributed by atoms with Gasteiger partial charge in [-0.2, -0.15) is 0 Å². The maximum atomic E-state index is 12.9. The Morgan fingerprint density at radius 3 is 2.75 bits per heavy atom. The molecule has 2 aromatic rings. The molecule has 1 unspecified atom stereocenters. The Bertz CT molecular complexity index is 975. The maximum Gasteiger partial charge on any atom is 0.228 e. The molecule has 2 fully saturated rings. The van der Waals surface area contributed by atoms with Gasteiger partial charge in [0, 0.05) is 64.0 Å². The van der Waals surface area contributed by atoms with E-state index in [9.17, 15) is 9.59 Å². The molecule has 1 atom stereocenters. The van der Waals surface area contributed by atoms with Crippen LogP contribution in [0, 0.1) is 5.92 Å². The van der Waals surface area contributed by atoms with Crippen molar-refractivity contribution in [2.45, 2.75) is 19.5 Å². The molecule has 32 heavy (non-hydrogen) atoms.